The lowest BCUT2D eigenvalue weighted by Gasteiger charge is -2.20. The van der Waals surface area contributed by atoms with Gasteiger partial charge in [-0.3, -0.25) is 15.1 Å². The van der Waals surface area contributed by atoms with E-state index in [0.717, 1.165) is 11.1 Å². The van der Waals surface area contributed by atoms with E-state index in [0.29, 0.717) is 17.5 Å². The molecule has 0 N–H and O–H groups in total. The quantitative estimate of drug-likeness (QED) is 0.576. The second-order valence-corrected chi connectivity index (χ2v) is 8.51. The van der Waals surface area contributed by atoms with Crippen molar-refractivity contribution in [1.29, 1.82) is 0 Å². The highest BCUT2D eigenvalue weighted by Crippen LogP contribution is 2.27. The predicted molar refractivity (Wildman–Crippen MR) is 102 cm³/mol. The molecule has 9 heteroatoms. The molecule has 0 radical (unpaired) electrons. The number of hydrogen-bond donors (Lipinski definition) is 0. The standard InChI is InChI=1S/C17H17N3O4S2/c1-13-4-2-3-5-14(13)12-25-17-18-10-11-19(17)26(23,24)16-8-6-15(7-9-16)20(21)22/h2-9H,10-12H2,1H3. The zero-order valence-electron chi connectivity index (χ0n) is 14.0. The number of nitrogens with zero attached hydrogens (tertiary/aromatic N) is 3. The van der Waals surface area contributed by atoms with E-state index in [1.54, 1.807) is 0 Å². The molecule has 26 heavy (non-hydrogen) atoms. The van der Waals surface area contributed by atoms with E-state index in [-0.39, 0.29) is 17.1 Å². The molecule has 0 atom stereocenters. The van der Waals surface area contributed by atoms with E-state index in [1.165, 1.54) is 40.3 Å². The third kappa shape index (κ3) is 3.73. The Morgan fingerprint density at radius 3 is 2.54 bits per heavy atom. The Morgan fingerprint density at radius 2 is 1.88 bits per heavy atom. The number of nitro benzene ring substituents is 1. The predicted octanol–water partition coefficient (Wildman–Crippen LogP) is 3.20. The van der Waals surface area contributed by atoms with E-state index in [2.05, 4.69) is 4.99 Å². The number of non-ortho nitro benzene ring substituents is 1. The number of sulfonamides is 1. The van der Waals surface area contributed by atoms with Gasteiger partial charge < -0.3 is 0 Å². The first-order valence-corrected chi connectivity index (χ1v) is 10.3. The van der Waals surface area contributed by atoms with Crippen molar-refractivity contribution in [3.63, 3.8) is 0 Å². The molecule has 0 saturated carbocycles. The lowest BCUT2D eigenvalue weighted by molar-refractivity contribution is -0.384. The number of hydrogen-bond acceptors (Lipinski definition) is 6. The first-order chi connectivity index (χ1) is 12.4. The Labute approximate surface area is 155 Å². The third-order valence-electron chi connectivity index (χ3n) is 4.02. The lowest BCUT2D eigenvalue weighted by atomic mass is 10.1. The van der Waals surface area contributed by atoms with Crippen molar-refractivity contribution >= 4 is 32.6 Å². The number of aliphatic imine (C=N–C) groups is 1. The van der Waals surface area contributed by atoms with Crippen LogP contribution in [0.5, 0.6) is 0 Å². The van der Waals surface area contributed by atoms with Crippen molar-refractivity contribution in [3.8, 4) is 0 Å². The third-order valence-corrected chi connectivity index (χ3v) is 7.00. The summed E-state index contributed by atoms with van der Waals surface area (Å²) in [5.41, 5.74) is 2.12. The van der Waals surface area contributed by atoms with Crippen LogP contribution < -0.4 is 0 Å². The fourth-order valence-corrected chi connectivity index (χ4v) is 5.33. The van der Waals surface area contributed by atoms with E-state index < -0.39 is 14.9 Å². The molecule has 2 aromatic rings. The average molecular weight is 391 g/mol. The highest BCUT2D eigenvalue weighted by atomic mass is 32.2. The minimum Gasteiger partial charge on any atom is -0.260 e. The second kappa shape index (κ2) is 7.46. The van der Waals surface area contributed by atoms with Crippen LogP contribution in [0.25, 0.3) is 0 Å². The number of amidine groups is 1. The van der Waals surface area contributed by atoms with Gasteiger partial charge in [0.05, 0.1) is 22.9 Å². The highest BCUT2D eigenvalue weighted by molar-refractivity contribution is 8.14. The average Bonchev–Trinajstić information content (AvgIpc) is 3.10. The molecule has 0 aromatic heterocycles. The van der Waals surface area contributed by atoms with Crippen LogP contribution >= 0.6 is 11.8 Å². The smallest absolute Gasteiger partial charge is 0.260 e. The zero-order valence-corrected chi connectivity index (χ0v) is 15.7. The van der Waals surface area contributed by atoms with Gasteiger partial charge in [-0.25, -0.2) is 12.7 Å². The molecule has 0 amide bonds. The van der Waals surface area contributed by atoms with Crippen LogP contribution in [-0.2, 0) is 15.8 Å². The van der Waals surface area contributed by atoms with E-state index in [4.69, 9.17) is 0 Å². The van der Waals surface area contributed by atoms with Crippen LogP contribution in [0, 0.1) is 17.0 Å². The van der Waals surface area contributed by atoms with E-state index in [1.807, 2.05) is 31.2 Å². The summed E-state index contributed by atoms with van der Waals surface area (Å²) in [6.07, 6.45) is 0. The first-order valence-electron chi connectivity index (χ1n) is 7.88. The molecule has 3 rings (SSSR count). The number of rotatable bonds is 5. The lowest BCUT2D eigenvalue weighted by Crippen LogP contribution is -2.32. The number of aryl methyl sites for hydroxylation is 1. The number of benzene rings is 2. The van der Waals surface area contributed by atoms with Crippen molar-refractivity contribution in [3.05, 3.63) is 69.8 Å². The summed E-state index contributed by atoms with van der Waals surface area (Å²) in [5, 5.41) is 11.2. The van der Waals surface area contributed by atoms with E-state index in [9.17, 15) is 18.5 Å². The summed E-state index contributed by atoms with van der Waals surface area (Å²) in [6, 6.07) is 12.8. The van der Waals surface area contributed by atoms with Gasteiger partial charge in [-0.05, 0) is 30.2 Å². The number of thioether (sulfide) groups is 1. The normalized spacial score (nSPS) is 14.3. The Kier molecular flexibility index (Phi) is 5.28. The molecule has 1 aliphatic rings. The summed E-state index contributed by atoms with van der Waals surface area (Å²) < 4.78 is 27.0. The highest BCUT2D eigenvalue weighted by Gasteiger charge is 2.31. The molecule has 7 nitrogen and oxygen atoms in total. The first kappa shape index (κ1) is 18.4. The fraction of sp³-hybridized carbons (Fsp3) is 0.235. The maximum Gasteiger partial charge on any atom is 0.269 e. The summed E-state index contributed by atoms with van der Waals surface area (Å²) in [7, 11) is -3.79. The van der Waals surface area contributed by atoms with Gasteiger partial charge in [0.2, 0.25) is 0 Å². The number of nitro groups is 1. The van der Waals surface area contributed by atoms with Crippen LogP contribution in [0.1, 0.15) is 11.1 Å². The zero-order chi connectivity index (χ0) is 18.7. The SMILES string of the molecule is Cc1ccccc1CSC1=NCCN1S(=O)(=O)c1ccc([N+](=O)[O-])cc1. The van der Waals surface area contributed by atoms with Crippen LogP contribution in [0.2, 0.25) is 0 Å². The molecule has 0 fully saturated rings. The molecule has 1 aliphatic heterocycles. The molecule has 2 aromatic carbocycles. The fourth-order valence-electron chi connectivity index (χ4n) is 2.53. The molecule has 136 valence electrons. The molecule has 0 bridgehead atoms. The van der Waals surface area contributed by atoms with Gasteiger partial charge in [-0.1, -0.05) is 36.0 Å². The van der Waals surface area contributed by atoms with Gasteiger partial charge in [-0.15, -0.1) is 0 Å². The Balaban J connectivity index is 1.78. The van der Waals surface area contributed by atoms with Gasteiger partial charge in [0.25, 0.3) is 15.7 Å². The molecule has 1 heterocycles. The van der Waals surface area contributed by atoms with Gasteiger partial charge in [0, 0.05) is 17.9 Å². The minimum atomic E-state index is -3.79. The van der Waals surface area contributed by atoms with Gasteiger partial charge in [0.15, 0.2) is 5.17 Å². The second-order valence-electron chi connectivity index (χ2n) is 5.71. The molecular weight excluding hydrogens is 374 g/mol. The monoisotopic (exact) mass is 391 g/mol. The molecule has 0 spiro atoms. The summed E-state index contributed by atoms with van der Waals surface area (Å²) in [4.78, 5) is 14.5. The van der Waals surface area contributed by atoms with E-state index >= 15 is 0 Å². The summed E-state index contributed by atoms with van der Waals surface area (Å²) in [5.74, 6) is 0.623. The van der Waals surface area contributed by atoms with Gasteiger partial charge >= 0.3 is 0 Å². The van der Waals surface area contributed by atoms with Gasteiger partial charge in [0.1, 0.15) is 0 Å². The maximum atomic E-state index is 12.9. The van der Waals surface area contributed by atoms with Crippen molar-refractivity contribution < 1.29 is 13.3 Å². The summed E-state index contributed by atoms with van der Waals surface area (Å²) >= 11 is 1.38. The van der Waals surface area contributed by atoms with Crippen molar-refractivity contribution in [1.82, 2.24) is 4.31 Å². The Hall–Kier alpha value is -2.39. The molecule has 0 saturated heterocycles. The van der Waals surface area contributed by atoms with Crippen LogP contribution in [0.15, 0.2) is 58.4 Å². The molecule has 0 aliphatic carbocycles. The van der Waals surface area contributed by atoms with Gasteiger partial charge in [-0.2, -0.15) is 0 Å². The topological polar surface area (TPSA) is 92.9 Å². The van der Waals surface area contributed by atoms with Crippen molar-refractivity contribution in [2.24, 2.45) is 4.99 Å². The van der Waals surface area contributed by atoms with Crippen molar-refractivity contribution in [2.75, 3.05) is 13.1 Å². The van der Waals surface area contributed by atoms with Crippen molar-refractivity contribution in [2.45, 2.75) is 17.6 Å². The van der Waals surface area contributed by atoms with Crippen LogP contribution in [0.3, 0.4) is 0 Å². The van der Waals surface area contributed by atoms with Crippen LogP contribution in [-0.4, -0.2) is 35.9 Å². The molecular formula is C17H17N3O4S2. The largest absolute Gasteiger partial charge is 0.269 e. The minimum absolute atomic E-state index is 0.0224. The Bertz CT molecular complexity index is 956. The maximum absolute atomic E-state index is 12.9. The Morgan fingerprint density at radius 1 is 1.19 bits per heavy atom. The summed E-state index contributed by atoms with van der Waals surface area (Å²) in [6.45, 7) is 2.69. The molecule has 0 unspecified atom stereocenters. The van der Waals surface area contributed by atoms with Crippen LogP contribution in [0.4, 0.5) is 5.69 Å².